The lowest BCUT2D eigenvalue weighted by molar-refractivity contribution is 0.101. The van der Waals surface area contributed by atoms with Gasteiger partial charge in [-0.05, 0) is 43.7 Å². The Bertz CT molecular complexity index is 640. The van der Waals surface area contributed by atoms with E-state index in [2.05, 4.69) is 6.92 Å². The Balaban J connectivity index is 1.91. The van der Waals surface area contributed by atoms with Gasteiger partial charge in [0.05, 0.1) is 12.2 Å². The predicted octanol–water partition coefficient (Wildman–Crippen LogP) is 3.95. The number of rotatable bonds is 6. The molecular formula is C17H19NO2S. The second kappa shape index (κ2) is 7.18. The molecule has 0 aliphatic heterocycles. The number of hydrogen-bond acceptors (Lipinski definition) is 4. The fourth-order valence-electron chi connectivity index (χ4n) is 1.96. The van der Waals surface area contributed by atoms with Crippen molar-refractivity contribution in [1.29, 1.82) is 0 Å². The number of benzene rings is 2. The van der Waals surface area contributed by atoms with Crippen molar-refractivity contribution in [3.8, 4) is 5.75 Å². The molecule has 0 spiro atoms. The van der Waals surface area contributed by atoms with Crippen molar-refractivity contribution in [2.24, 2.45) is 0 Å². The molecule has 0 fully saturated rings. The summed E-state index contributed by atoms with van der Waals surface area (Å²) in [5.74, 6) is 1.47. The Hall–Kier alpha value is -1.94. The molecule has 0 aliphatic carbocycles. The van der Waals surface area contributed by atoms with Crippen LogP contribution in [0.15, 0.2) is 47.4 Å². The summed E-state index contributed by atoms with van der Waals surface area (Å²) in [7, 11) is 0. The lowest BCUT2D eigenvalue weighted by Gasteiger charge is -2.10. The van der Waals surface area contributed by atoms with E-state index in [1.807, 2.05) is 36.4 Å². The number of nitrogen functional groups attached to an aromatic ring is 1. The molecule has 4 heteroatoms. The second-order valence-corrected chi connectivity index (χ2v) is 5.91. The number of anilines is 1. The van der Waals surface area contributed by atoms with Crippen LogP contribution >= 0.6 is 11.8 Å². The summed E-state index contributed by atoms with van der Waals surface area (Å²) in [5.41, 5.74) is 8.40. The summed E-state index contributed by atoms with van der Waals surface area (Å²) in [4.78, 5) is 12.7. The quantitative estimate of drug-likeness (QED) is 0.380. The van der Waals surface area contributed by atoms with Crippen molar-refractivity contribution in [3.05, 3.63) is 53.6 Å². The molecule has 0 radical (unpaired) electrons. The minimum absolute atomic E-state index is 0.0185. The highest BCUT2D eigenvalue weighted by molar-refractivity contribution is 7.99. The maximum Gasteiger partial charge on any atom is 0.163 e. The molecule has 0 aliphatic rings. The number of ketones is 1. The van der Waals surface area contributed by atoms with Crippen molar-refractivity contribution in [1.82, 2.24) is 0 Å². The van der Waals surface area contributed by atoms with E-state index in [1.165, 1.54) is 10.5 Å². The van der Waals surface area contributed by atoms with E-state index in [0.717, 1.165) is 11.4 Å². The van der Waals surface area contributed by atoms with Crippen LogP contribution in [0, 0.1) is 6.92 Å². The van der Waals surface area contributed by atoms with Crippen molar-refractivity contribution < 1.29 is 9.53 Å². The Morgan fingerprint density at radius 2 is 2.00 bits per heavy atom. The van der Waals surface area contributed by atoms with Gasteiger partial charge in [0.1, 0.15) is 5.75 Å². The van der Waals surface area contributed by atoms with E-state index in [-0.39, 0.29) is 5.78 Å². The molecule has 0 atom stereocenters. The van der Waals surface area contributed by atoms with E-state index in [0.29, 0.717) is 17.9 Å². The first kappa shape index (κ1) is 15.4. The molecule has 0 bridgehead atoms. The zero-order chi connectivity index (χ0) is 15.2. The third kappa shape index (κ3) is 4.26. The molecule has 0 saturated carbocycles. The van der Waals surface area contributed by atoms with Gasteiger partial charge in [0.25, 0.3) is 0 Å². The summed E-state index contributed by atoms with van der Waals surface area (Å²) in [6, 6.07) is 13.2. The standard InChI is InChI=1S/C17H19NO2S/c1-12-7-8-14(18)11-17(12)21-10-9-20-16-6-4-3-5-15(16)13(2)19/h3-8,11H,9-10,18H2,1-2H3. The number of para-hydroxylation sites is 1. The maximum atomic E-state index is 11.5. The molecule has 0 amide bonds. The van der Waals surface area contributed by atoms with Crippen LogP contribution in [0.4, 0.5) is 5.69 Å². The van der Waals surface area contributed by atoms with Gasteiger partial charge in [-0.2, -0.15) is 0 Å². The summed E-state index contributed by atoms with van der Waals surface area (Å²) in [6.45, 7) is 4.16. The van der Waals surface area contributed by atoms with E-state index in [4.69, 9.17) is 10.5 Å². The van der Waals surface area contributed by atoms with Gasteiger partial charge in [-0.25, -0.2) is 0 Å². The second-order valence-electron chi connectivity index (χ2n) is 4.77. The van der Waals surface area contributed by atoms with E-state index in [9.17, 15) is 4.79 Å². The van der Waals surface area contributed by atoms with Crippen LogP contribution in [0.25, 0.3) is 0 Å². The van der Waals surface area contributed by atoms with Crippen LogP contribution in [-0.4, -0.2) is 18.1 Å². The maximum absolute atomic E-state index is 11.5. The molecule has 2 aromatic carbocycles. The molecule has 2 rings (SSSR count). The minimum atomic E-state index is 0.0185. The molecule has 2 aromatic rings. The lowest BCUT2D eigenvalue weighted by Crippen LogP contribution is -2.04. The highest BCUT2D eigenvalue weighted by Gasteiger charge is 2.07. The Kier molecular flexibility index (Phi) is 5.28. The summed E-state index contributed by atoms with van der Waals surface area (Å²) in [6.07, 6.45) is 0. The number of ether oxygens (including phenoxy) is 1. The van der Waals surface area contributed by atoms with Gasteiger partial charge >= 0.3 is 0 Å². The normalized spacial score (nSPS) is 10.4. The summed E-state index contributed by atoms with van der Waals surface area (Å²) >= 11 is 1.70. The highest BCUT2D eigenvalue weighted by atomic mass is 32.2. The number of nitrogens with two attached hydrogens (primary N) is 1. The average molecular weight is 301 g/mol. The van der Waals surface area contributed by atoms with Crippen LogP contribution in [0.5, 0.6) is 5.75 Å². The van der Waals surface area contributed by atoms with Crippen LogP contribution < -0.4 is 10.5 Å². The number of aryl methyl sites for hydroxylation is 1. The Labute approximate surface area is 129 Å². The zero-order valence-electron chi connectivity index (χ0n) is 12.3. The first-order chi connectivity index (χ1) is 10.1. The number of carbonyl (C=O) groups excluding carboxylic acids is 1. The van der Waals surface area contributed by atoms with Crippen molar-refractivity contribution in [3.63, 3.8) is 0 Å². The summed E-state index contributed by atoms with van der Waals surface area (Å²) in [5, 5.41) is 0. The van der Waals surface area contributed by atoms with E-state index >= 15 is 0 Å². The van der Waals surface area contributed by atoms with Gasteiger partial charge in [-0.15, -0.1) is 11.8 Å². The third-order valence-corrected chi connectivity index (χ3v) is 4.20. The molecule has 0 heterocycles. The molecule has 21 heavy (non-hydrogen) atoms. The largest absolute Gasteiger partial charge is 0.492 e. The number of Topliss-reactive ketones (excluding diaryl/α,β-unsaturated/α-hetero) is 1. The fourth-order valence-corrected chi connectivity index (χ4v) is 2.86. The first-order valence-corrected chi connectivity index (χ1v) is 7.78. The van der Waals surface area contributed by atoms with Gasteiger partial charge in [0, 0.05) is 16.3 Å². The molecule has 3 nitrogen and oxygen atoms in total. The first-order valence-electron chi connectivity index (χ1n) is 6.79. The molecule has 110 valence electrons. The molecule has 0 unspecified atom stereocenters. The molecule has 0 aromatic heterocycles. The molecular weight excluding hydrogens is 282 g/mol. The SMILES string of the molecule is CC(=O)c1ccccc1OCCSc1cc(N)ccc1C. The van der Waals surface area contributed by atoms with Gasteiger partial charge < -0.3 is 10.5 Å². The minimum Gasteiger partial charge on any atom is -0.492 e. The van der Waals surface area contributed by atoms with E-state index < -0.39 is 0 Å². The van der Waals surface area contributed by atoms with Gasteiger partial charge in [-0.1, -0.05) is 18.2 Å². The van der Waals surface area contributed by atoms with Gasteiger partial charge in [-0.3, -0.25) is 4.79 Å². The number of thioether (sulfide) groups is 1. The number of carbonyl (C=O) groups is 1. The lowest BCUT2D eigenvalue weighted by atomic mass is 10.1. The molecule has 0 saturated heterocycles. The highest BCUT2D eigenvalue weighted by Crippen LogP contribution is 2.25. The zero-order valence-corrected chi connectivity index (χ0v) is 13.1. The van der Waals surface area contributed by atoms with Crippen molar-refractivity contribution in [2.75, 3.05) is 18.1 Å². The third-order valence-electron chi connectivity index (χ3n) is 3.08. The van der Waals surface area contributed by atoms with Gasteiger partial charge in [0.15, 0.2) is 5.78 Å². The Morgan fingerprint density at radius 1 is 1.24 bits per heavy atom. The van der Waals surface area contributed by atoms with Crippen LogP contribution in [0.1, 0.15) is 22.8 Å². The van der Waals surface area contributed by atoms with Gasteiger partial charge in [0.2, 0.25) is 0 Å². The van der Waals surface area contributed by atoms with Crippen molar-refractivity contribution in [2.45, 2.75) is 18.7 Å². The summed E-state index contributed by atoms with van der Waals surface area (Å²) < 4.78 is 5.72. The smallest absolute Gasteiger partial charge is 0.163 e. The van der Waals surface area contributed by atoms with Crippen molar-refractivity contribution >= 4 is 23.2 Å². The fraction of sp³-hybridized carbons (Fsp3) is 0.235. The number of hydrogen-bond donors (Lipinski definition) is 1. The topological polar surface area (TPSA) is 52.3 Å². The van der Waals surface area contributed by atoms with Crippen LogP contribution in [0.3, 0.4) is 0 Å². The van der Waals surface area contributed by atoms with Crippen LogP contribution in [0.2, 0.25) is 0 Å². The Morgan fingerprint density at radius 3 is 2.76 bits per heavy atom. The predicted molar refractivity (Wildman–Crippen MR) is 88.3 cm³/mol. The average Bonchev–Trinajstić information content (AvgIpc) is 2.47. The van der Waals surface area contributed by atoms with E-state index in [1.54, 1.807) is 24.8 Å². The monoisotopic (exact) mass is 301 g/mol. The van der Waals surface area contributed by atoms with Crippen LogP contribution in [-0.2, 0) is 0 Å². The molecule has 2 N–H and O–H groups in total.